The predicted molar refractivity (Wildman–Crippen MR) is 297 cm³/mol. The molecule has 4 N–H and O–H groups in total. The molecule has 0 saturated carbocycles. The normalized spacial score (nSPS) is 20.0. The number of nitrogens with zero attached hydrogens (tertiary/aromatic N) is 6. The minimum Gasteiger partial charge on any atom is -0.399 e. The van der Waals surface area contributed by atoms with Gasteiger partial charge in [0.2, 0.25) is 0 Å². The van der Waals surface area contributed by atoms with E-state index >= 15 is 0 Å². The fraction of sp³-hybridized carbons (Fsp3) is 0.571. The van der Waals surface area contributed by atoms with Gasteiger partial charge in [-0.3, -0.25) is 0 Å². The summed E-state index contributed by atoms with van der Waals surface area (Å²) in [5, 5.41) is 24.7. The maximum Gasteiger partial charge on any atom is 0.495 e. The molecule has 24 heteroatoms. The number of nitrogens with one attached hydrogen (secondary N) is 2. The summed E-state index contributed by atoms with van der Waals surface area (Å²) in [7, 11) is -0.556. The van der Waals surface area contributed by atoms with Crippen molar-refractivity contribution in [3.63, 3.8) is 0 Å². The van der Waals surface area contributed by atoms with Gasteiger partial charge in [-0.2, -0.15) is 26.3 Å². The highest BCUT2D eigenvalue weighted by Crippen LogP contribution is 2.38. The number of carbonyl (C=O) groups is 2. The highest BCUT2D eigenvalue weighted by Gasteiger charge is 2.52. The van der Waals surface area contributed by atoms with E-state index in [2.05, 4.69) is 25.4 Å². The third kappa shape index (κ3) is 17.5. The summed E-state index contributed by atoms with van der Waals surface area (Å²) in [6.07, 6.45) is -8.47. The van der Waals surface area contributed by atoms with Crippen LogP contribution in [0.15, 0.2) is 60.7 Å². The highest BCUT2D eigenvalue weighted by atomic mass is 35.5. The standard InChI is InChI=1S/C25H31F3N4O3.C20H28BF3N2O3.C11H15ClN2O2/c1-17-2-3-20(30-24(34)32-6-4-18(16-32)15-25(26,27)28)14-22(17)19-12-21(5-9-33)29-23(13-19)31-7-10-35-11-8-31;1-13-6-7-15(10-16(13)21-28-18(2,3)19(4,5)29-21)25-17(27)26-9-8-14(12-26)11-20(22,23)24;12-9-7-10(1-4-15)13-11(8-9)14-2-5-16-6-3-14/h2-3,12-14,18,33H,4-11,15-16H2,1H3,(H,30,34);6-7,10,14H,8-9,11-12H2,1-5H3,(H,25,27);7-8,15H,1-6H2/t18-;14-;/m00./s1. The molecule has 0 unspecified atom stereocenters. The molecule has 5 aliphatic rings. The van der Waals surface area contributed by atoms with Crippen LogP contribution < -0.4 is 25.9 Å². The van der Waals surface area contributed by atoms with Crippen molar-refractivity contribution in [1.29, 1.82) is 0 Å². The maximum absolute atomic E-state index is 12.7. The van der Waals surface area contributed by atoms with Crippen LogP contribution in [0, 0.1) is 25.7 Å². The zero-order valence-corrected chi connectivity index (χ0v) is 47.1. The number of alkyl halides is 6. The number of carbonyl (C=O) groups excluding carboxylic acids is 2. The van der Waals surface area contributed by atoms with Crippen LogP contribution >= 0.6 is 11.6 Å². The second-order valence-electron chi connectivity index (χ2n) is 21.9. The minimum atomic E-state index is -4.22. The van der Waals surface area contributed by atoms with E-state index in [0.717, 1.165) is 90.1 Å². The van der Waals surface area contributed by atoms with Crippen LogP contribution in [-0.4, -0.2) is 165 Å². The lowest BCUT2D eigenvalue weighted by Gasteiger charge is -2.32. The van der Waals surface area contributed by atoms with Crippen LogP contribution in [0.3, 0.4) is 0 Å². The SMILES string of the molecule is Cc1ccc(NC(=O)N2CC[C@@H](CC(F)(F)F)C2)cc1-c1cc(CCO)nc(N2CCOCC2)c1.Cc1ccc(NC(=O)N2CC[C@@H](CC(F)(F)F)C2)cc1B1OC(C)(C)C(C)(C)O1.OCCc1cc(Cl)cc(N2CCOCC2)n1. The molecule has 80 heavy (non-hydrogen) atoms. The third-order valence-electron chi connectivity index (χ3n) is 15.1. The van der Waals surface area contributed by atoms with Crippen LogP contribution in [0.4, 0.5) is 58.9 Å². The van der Waals surface area contributed by atoms with Crippen molar-refractivity contribution >= 4 is 59.3 Å². The van der Waals surface area contributed by atoms with Gasteiger partial charge < -0.3 is 59.2 Å². The molecular formula is C56H74BClF6N8O8. The number of ether oxygens (including phenoxy) is 2. The Morgan fingerprint density at radius 2 is 1.10 bits per heavy atom. The van der Waals surface area contributed by atoms with Gasteiger partial charge >= 0.3 is 31.5 Å². The second kappa shape index (κ2) is 27.1. The van der Waals surface area contributed by atoms with Gasteiger partial charge in [-0.15, -0.1) is 0 Å². The van der Waals surface area contributed by atoms with Crippen LogP contribution in [0.5, 0.6) is 0 Å². The van der Waals surface area contributed by atoms with E-state index in [1.54, 1.807) is 24.3 Å². The summed E-state index contributed by atoms with van der Waals surface area (Å²) in [6, 6.07) is 17.8. The molecule has 5 saturated heterocycles. The molecular weight excluding hydrogens is 1070 g/mol. The highest BCUT2D eigenvalue weighted by molar-refractivity contribution is 6.62. The van der Waals surface area contributed by atoms with Crippen LogP contribution in [0.1, 0.15) is 75.9 Å². The Labute approximate surface area is 469 Å². The van der Waals surface area contributed by atoms with Crippen molar-refractivity contribution in [2.24, 2.45) is 11.8 Å². The zero-order valence-electron chi connectivity index (χ0n) is 46.3. The molecule has 16 nitrogen and oxygen atoms in total. The molecule has 2 aromatic carbocycles. The topological polar surface area (TPSA) is 174 Å². The Bertz CT molecular complexity index is 2720. The number of hydrogen-bond donors (Lipinski definition) is 4. The number of halogens is 7. The minimum absolute atomic E-state index is 0.0146. The molecule has 5 aliphatic heterocycles. The molecule has 7 heterocycles. The fourth-order valence-electron chi connectivity index (χ4n) is 10.0. The largest absolute Gasteiger partial charge is 0.495 e. The Kier molecular flexibility index (Phi) is 21.1. The second-order valence-corrected chi connectivity index (χ2v) is 22.3. The van der Waals surface area contributed by atoms with Gasteiger partial charge in [0.15, 0.2) is 0 Å². The number of urea groups is 2. The van der Waals surface area contributed by atoms with Gasteiger partial charge in [-0.1, -0.05) is 29.3 Å². The first-order valence-electron chi connectivity index (χ1n) is 27.2. The number of morpholine rings is 2. The van der Waals surface area contributed by atoms with Crippen molar-refractivity contribution in [2.75, 3.05) is 112 Å². The number of pyridine rings is 2. The number of benzene rings is 2. The Morgan fingerprint density at radius 1 is 0.650 bits per heavy atom. The van der Waals surface area contributed by atoms with Crippen molar-refractivity contribution in [2.45, 2.75) is 104 Å². The first-order valence-corrected chi connectivity index (χ1v) is 27.5. The molecule has 4 amide bonds. The molecule has 0 aliphatic carbocycles. The summed E-state index contributed by atoms with van der Waals surface area (Å²) in [6.45, 7) is 18.6. The summed E-state index contributed by atoms with van der Waals surface area (Å²) in [5.41, 5.74) is 6.39. The number of hydrogen-bond acceptors (Lipinski definition) is 12. The number of amides is 4. The summed E-state index contributed by atoms with van der Waals surface area (Å²) >= 11 is 6.03. The molecule has 4 aromatic rings. The van der Waals surface area contributed by atoms with Crippen LogP contribution in [0.25, 0.3) is 11.1 Å². The molecule has 0 spiro atoms. The first-order chi connectivity index (χ1) is 37.8. The monoisotopic (exact) mass is 1150 g/mol. The predicted octanol–water partition coefficient (Wildman–Crippen LogP) is 9.44. The van der Waals surface area contributed by atoms with Crippen molar-refractivity contribution < 1.29 is 64.9 Å². The van der Waals surface area contributed by atoms with Crippen LogP contribution in [0.2, 0.25) is 5.02 Å². The lowest BCUT2D eigenvalue weighted by Crippen LogP contribution is -2.41. The Hall–Kier alpha value is -5.43. The Morgan fingerprint density at radius 3 is 1.57 bits per heavy atom. The van der Waals surface area contributed by atoms with Gasteiger partial charge in [0, 0.05) is 119 Å². The average molecular weight is 1150 g/mol. The van der Waals surface area contributed by atoms with Gasteiger partial charge in [0.1, 0.15) is 11.6 Å². The number of aromatic nitrogens is 2. The maximum atomic E-state index is 12.7. The van der Waals surface area contributed by atoms with E-state index in [1.165, 1.54) is 9.80 Å². The number of aliphatic hydroxyl groups is 2. The Balaban J connectivity index is 0.000000185. The number of anilines is 4. The number of rotatable bonds is 12. The van der Waals surface area contributed by atoms with Gasteiger partial charge in [-0.25, -0.2) is 19.6 Å². The zero-order chi connectivity index (χ0) is 58.0. The molecule has 9 rings (SSSR count). The quantitative estimate of drug-likeness (QED) is 0.0783. The molecule has 0 bridgehead atoms. The van der Waals surface area contributed by atoms with E-state index in [9.17, 15) is 41.0 Å². The smallest absolute Gasteiger partial charge is 0.399 e. The van der Waals surface area contributed by atoms with Crippen molar-refractivity contribution in [3.05, 3.63) is 88.2 Å². The van der Waals surface area contributed by atoms with E-state index in [1.807, 2.05) is 77.9 Å². The van der Waals surface area contributed by atoms with Gasteiger partial charge in [-0.05, 0) is 137 Å². The van der Waals surface area contributed by atoms with E-state index < -0.39 is 67.4 Å². The number of aryl methyl sites for hydroxylation is 2. The lowest BCUT2D eigenvalue weighted by molar-refractivity contribution is -0.144. The summed E-state index contributed by atoms with van der Waals surface area (Å²) < 4.78 is 98.8. The van der Waals surface area contributed by atoms with Crippen LogP contribution in [-0.2, 0) is 31.6 Å². The van der Waals surface area contributed by atoms with E-state index in [-0.39, 0.29) is 26.3 Å². The summed E-state index contributed by atoms with van der Waals surface area (Å²) in [5.74, 6) is 0.587. The number of aliphatic hydroxyl groups excluding tert-OH is 2. The molecule has 438 valence electrons. The van der Waals surface area contributed by atoms with Crippen molar-refractivity contribution in [3.8, 4) is 11.1 Å². The van der Waals surface area contributed by atoms with E-state index in [0.29, 0.717) is 68.4 Å². The molecule has 2 atom stereocenters. The third-order valence-corrected chi connectivity index (χ3v) is 15.3. The average Bonchev–Trinajstić information content (AvgIpc) is 4.12. The van der Waals surface area contributed by atoms with E-state index in [4.69, 9.17) is 40.5 Å². The summed E-state index contributed by atoms with van der Waals surface area (Å²) in [4.78, 5) is 41.6. The van der Waals surface area contributed by atoms with Gasteiger partial charge in [0.05, 0.1) is 37.6 Å². The fourth-order valence-corrected chi connectivity index (χ4v) is 10.3. The molecule has 0 radical (unpaired) electrons. The lowest BCUT2D eigenvalue weighted by atomic mass is 9.76. The van der Waals surface area contributed by atoms with Gasteiger partial charge in [0.25, 0.3) is 0 Å². The number of likely N-dealkylation sites (tertiary alicyclic amines) is 2. The first kappa shape index (κ1) is 62.2. The molecule has 5 fully saturated rings. The van der Waals surface area contributed by atoms with Crippen molar-refractivity contribution in [1.82, 2.24) is 19.8 Å². The molecule has 2 aromatic heterocycles.